The Morgan fingerprint density at radius 3 is 2.69 bits per heavy atom. The van der Waals surface area contributed by atoms with Gasteiger partial charge in [-0.15, -0.1) is 11.6 Å². The number of rotatable bonds is 3. The summed E-state index contributed by atoms with van der Waals surface area (Å²) in [6.07, 6.45) is 1.13. The highest BCUT2D eigenvalue weighted by Gasteiger charge is 2.29. The van der Waals surface area contributed by atoms with Crippen LogP contribution in [0.5, 0.6) is 0 Å². The molecule has 76 valence electrons. The summed E-state index contributed by atoms with van der Waals surface area (Å²) in [4.78, 5) is 10.8. The quantitative estimate of drug-likeness (QED) is 0.635. The molecule has 4 nitrogen and oxygen atoms in total. The summed E-state index contributed by atoms with van der Waals surface area (Å²) in [7, 11) is 0. The molecule has 0 spiro atoms. The number of ether oxygens (including phenoxy) is 1. The molecule has 0 unspecified atom stereocenters. The van der Waals surface area contributed by atoms with E-state index in [4.69, 9.17) is 16.3 Å². The van der Waals surface area contributed by atoms with Crippen molar-refractivity contribution in [1.82, 2.24) is 5.32 Å². The topological polar surface area (TPSA) is 58.6 Å². The molecule has 0 aromatic heterocycles. The third-order valence-electron chi connectivity index (χ3n) is 2.16. The number of hydrogen-bond donors (Lipinski definition) is 2. The van der Waals surface area contributed by atoms with Gasteiger partial charge in [0.2, 0.25) is 5.91 Å². The molecule has 13 heavy (non-hydrogen) atoms. The lowest BCUT2D eigenvalue weighted by molar-refractivity contribution is -0.121. The number of carbonyl (C=O) groups is 1. The fourth-order valence-electron chi connectivity index (χ4n) is 1.24. The van der Waals surface area contributed by atoms with E-state index in [1.807, 2.05) is 0 Å². The Morgan fingerprint density at radius 2 is 2.15 bits per heavy atom. The van der Waals surface area contributed by atoms with Crippen molar-refractivity contribution in [3.05, 3.63) is 0 Å². The molecule has 1 heterocycles. The van der Waals surface area contributed by atoms with Gasteiger partial charge in [-0.2, -0.15) is 0 Å². The van der Waals surface area contributed by atoms with Crippen molar-refractivity contribution in [3.8, 4) is 0 Å². The molecule has 0 aromatic carbocycles. The molecule has 1 fully saturated rings. The predicted molar refractivity (Wildman–Crippen MR) is 48.7 cm³/mol. The SMILES string of the molecule is O=C(CCl)NCC1(O)CCOCC1. The summed E-state index contributed by atoms with van der Waals surface area (Å²) in [5, 5.41) is 12.4. The first-order valence-electron chi connectivity index (χ1n) is 4.29. The molecule has 1 aliphatic rings. The average Bonchev–Trinajstić information content (AvgIpc) is 2.15. The van der Waals surface area contributed by atoms with E-state index in [0.717, 1.165) is 0 Å². The number of aliphatic hydroxyl groups is 1. The maximum absolute atomic E-state index is 10.8. The highest BCUT2D eigenvalue weighted by atomic mass is 35.5. The van der Waals surface area contributed by atoms with Crippen molar-refractivity contribution >= 4 is 17.5 Å². The maximum atomic E-state index is 10.8. The van der Waals surface area contributed by atoms with Crippen LogP contribution in [0.2, 0.25) is 0 Å². The van der Waals surface area contributed by atoms with E-state index in [9.17, 15) is 9.90 Å². The highest BCUT2D eigenvalue weighted by molar-refractivity contribution is 6.27. The van der Waals surface area contributed by atoms with Gasteiger partial charge in [0.05, 0.1) is 5.60 Å². The zero-order valence-electron chi connectivity index (χ0n) is 7.38. The Bertz CT molecular complexity index is 180. The molecule has 0 aromatic rings. The van der Waals surface area contributed by atoms with Gasteiger partial charge in [0.1, 0.15) is 5.88 Å². The van der Waals surface area contributed by atoms with Crippen molar-refractivity contribution in [1.29, 1.82) is 0 Å². The van der Waals surface area contributed by atoms with Crippen LogP contribution in [-0.2, 0) is 9.53 Å². The molecule has 0 saturated carbocycles. The Kier molecular flexibility index (Phi) is 3.96. The molecule has 1 saturated heterocycles. The van der Waals surface area contributed by atoms with Crippen LogP contribution in [0.25, 0.3) is 0 Å². The standard InChI is InChI=1S/C8H14ClNO3/c9-5-7(11)10-6-8(12)1-3-13-4-2-8/h12H,1-6H2,(H,10,11). The van der Waals surface area contributed by atoms with Crippen LogP contribution < -0.4 is 5.32 Å². The van der Waals surface area contributed by atoms with E-state index in [0.29, 0.717) is 26.1 Å². The van der Waals surface area contributed by atoms with Gasteiger partial charge in [0.15, 0.2) is 0 Å². The van der Waals surface area contributed by atoms with Gasteiger partial charge >= 0.3 is 0 Å². The Morgan fingerprint density at radius 1 is 1.54 bits per heavy atom. The molecular formula is C8H14ClNO3. The van der Waals surface area contributed by atoms with Gasteiger partial charge in [0.25, 0.3) is 0 Å². The van der Waals surface area contributed by atoms with Gasteiger partial charge in [-0.1, -0.05) is 0 Å². The first-order valence-corrected chi connectivity index (χ1v) is 4.82. The van der Waals surface area contributed by atoms with Crippen LogP contribution in [0.15, 0.2) is 0 Å². The third kappa shape index (κ3) is 3.50. The molecule has 1 rings (SSSR count). The Labute approximate surface area is 82.2 Å². The predicted octanol–water partition coefficient (Wildman–Crippen LogP) is -0.117. The molecule has 0 atom stereocenters. The van der Waals surface area contributed by atoms with Crippen molar-refractivity contribution in [2.24, 2.45) is 0 Å². The van der Waals surface area contributed by atoms with E-state index in [1.165, 1.54) is 0 Å². The molecule has 0 bridgehead atoms. The lowest BCUT2D eigenvalue weighted by Gasteiger charge is -2.31. The van der Waals surface area contributed by atoms with Crippen LogP contribution in [0.4, 0.5) is 0 Å². The van der Waals surface area contributed by atoms with E-state index in [1.54, 1.807) is 0 Å². The lowest BCUT2D eigenvalue weighted by Crippen LogP contribution is -2.46. The maximum Gasteiger partial charge on any atom is 0.235 e. The van der Waals surface area contributed by atoms with Crippen molar-refractivity contribution in [2.45, 2.75) is 18.4 Å². The summed E-state index contributed by atoms with van der Waals surface area (Å²) in [6, 6.07) is 0. The van der Waals surface area contributed by atoms with Crippen LogP contribution >= 0.6 is 11.6 Å². The number of hydrogen-bond acceptors (Lipinski definition) is 3. The van der Waals surface area contributed by atoms with Crippen molar-refractivity contribution in [3.63, 3.8) is 0 Å². The van der Waals surface area contributed by atoms with Gasteiger partial charge < -0.3 is 15.2 Å². The first-order chi connectivity index (χ1) is 6.16. The summed E-state index contributed by atoms with van der Waals surface area (Å²) in [5.74, 6) is -0.311. The summed E-state index contributed by atoms with van der Waals surface area (Å²) in [6.45, 7) is 1.36. The van der Waals surface area contributed by atoms with Gasteiger partial charge in [-0.3, -0.25) is 4.79 Å². The largest absolute Gasteiger partial charge is 0.388 e. The van der Waals surface area contributed by atoms with E-state index in [2.05, 4.69) is 5.32 Å². The Hall–Kier alpha value is -0.320. The number of alkyl halides is 1. The highest BCUT2D eigenvalue weighted by Crippen LogP contribution is 2.18. The molecule has 1 amide bonds. The fourth-order valence-corrected chi connectivity index (χ4v) is 1.33. The Balaban J connectivity index is 2.28. The monoisotopic (exact) mass is 207 g/mol. The normalized spacial score (nSPS) is 21.1. The molecule has 0 radical (unpaired) electrons. The first kappa shape index (κ1) is 10.8. The minimum absolute atomic E-state index is 0.0629. The minimum atomic E-state index is -0.806. The minimum Gasteiger partial charge on any atom is -0.388 e. The van der Waals surface area contributed by atoms with Crippen LogP contribution in [0.1, 0.15) is 12.8 Å². The van der Waals surface area contributed by atoms with Crippen LogP contribution in [0, 0.1) is 0 Å². The van der Waals surface area contributed by atoms with E-state index >= 15 is 0 Å². The number of halogens is 1. The zero-order chi connectivity index (χ0) is 9.73. The smallest absolute Gasteiger partial charge is 0.235 e. The molecule has 5 heteroatoms. The lowest BCUT2D eigenvalue weighted by atomic mass is 9.94. The second-order valence-corrected chi connectivity index (χ2v) is 3.51. The van der Waals surface area contributed by atoms with Gasteiger partial charge in [-0.05, 0) is 0 Å². The van der Waals surface area contributed by atoms with Crippen LogP contribution in [0.3, 0.4) is 0 Å². The molecular weight excluding hydrogens is 194 g/mol. The average molecular weight is 208 g/mol. The van der Waals surface area contributed by atoms with Crippen molar-refractivity contribution < 1.29 is 14.6 Å². The van der Waals surface area contributed by atoms with Gasteiger partial charge in [-0.25, -0.2) is 0 Å². The zero-order valence-corrected chi connectivity index (χ0v) is 8.14. The summed E-state index contributed by atoms with van der Waals surface area (Å²) in [5.41, 5.74) is -0.806. The molecule has 1 aliphatic heterocycles. The second-order valence-electron chi connectivity index (χ2n) is 3.25. The number of carbonyl (C=O) groups excluding carboxylic acids is 1. The van der Waals surface area contributed by atoms with E-state index in [-0.39, 0.29) is 18.3 Å². The fraction of sp³-hybridized carbons (Fsp3) is 0.875. The van der Waals surface area contributed by atoms with Gasteiger partial charge in [0, 0.05) is 32.6 Å². The third-order valence-corrected chi connectivity index (χ3v) is 2.40. The second kappa shape index (κ2) is 4.79. The van der Waals surface area contributed by atoms with Crippen molar-refractivity contribution in [2.75, 3.05) is 25.6 Å². The van der Waals surface area contributed by atoms with E-state index < -0.39 is 5.60 Å². The van der Waals surface area contributed by atoms with Crippen LogP contribution in [-0.4, -0.2) is 42.3 Å². The molecule has 0 aliphatic carbocycles. The summed E-state index contributed by atoms with van der Waals surface area (Å²) < 4.78 is 5.10. The molecule has 2 N–H and O–H groups in total. The summed E-state index contributed by atoms with van der Waals surface area (Å²) >= 11 is 5.30. The number of amides is 1. The number of nitrogens with one attached hydrogen (secondary N) is 1.